The molecule has 0 fully saturated rings. The Morgan fingerprint density at radius 2 is 2.29 bits per heavy atom. The van der Waals surface area contributed by atoms with Crippen molar-refractivity contribution in [2.45, 2.75) is 12.5 Å². The van der Waals surface area contributed by atoms with E-state index in [9.17, 15) is 14.5 Å². The van der Waals surface area contributed by atoms with Crippen LogP contribution in [0.15, 0.2) is 12.1 Å². The number of alkyl halides is 1. The number of nitro groups is 1. The smallest absolute Gasteiger partial charge is 0.323 e. The number of halogens is 2. The maximum atomic E-state index is 11.9. The summed E-state index contributed by atoms with van der Waals surface area (Å²) in [6.45, 7) is -0.507. The maximum absolute atomic E-state index is 11.9. The Hall–Kier alpha value is -0.720. The van der Waals surface area contributed by atoms with Gasteiger partial charge in [0.1, 0.15) is 0 Å². The molecule has 0 spiro atoms. The summed E-state index contributed by atoms with van der Waals surface area (Å²) in [6, 6.07) is 2.53. The van der Waals surface area contributed by atoms with Crippen LogP contribution in [0.2, 0.25) is 0 Å². The van der Waals surface area contributed by atoms with Crippen molar-refractivity contribution in [2.24, 2.45) is 5.73 Å². The topological polar surface area (TPSA) is 69.2 Å². The number of thiophene rings is 1. The van der Waals surface area contributed by atoms with E-state index in [2.05, 4.69) is 0 Å². The Kier molecular flexibility index (Phi) is 5.59. The van der Waals surface area contributed by atoms with Crippen molar-refractivity contribution in [3.8, 4) is 0 Å². The van der Waals surface area contributed by atoms with Crippen LogP contribution in [0.4, 0.5) is 9.39 Å². The minimum absolute atomic E-state index is 0. The second-order valence-corrected chi connectivity index (χ2v) is 3.61. The Labute approximate surface area is 90.5 Å². The van der Waals surface area contributed by atoms with Gasteiger partial charge in [0.05, 0.1) is 11.6 Å². The quantitative estimate of drug-likeness (QED) is 0.649. The van der Waals surface area contributed by atoms with E-state index in [-0.39, 0.29) is 23.8 Å². The van der Waals surface area contributed by atoms with E-state index in [0.717, 1.165) is 11.3 Å². The molecule has 0 saturated heterocycles. The summed E-state index contributed by atoms with van der Waals surface area (Å²) in [5, 5.41) is 10.3. The first kappa shape index (κ1) is 13.3. The zero-order valence-corrected chi connectivity index (χ0v) is 8.81. The fourth-order valence-electron chi connectivity index (χ4n) is 0.899. The Morgan fingerprint density at radius 3 is 2.71 bits per heavy atom. The Bertz CT molecular complexity index is 308. The van der Waals surface area contributed by atoms with Gasteiger partial charge >= 0.3 is 5.00 Å². The fourth-order valence-corrected chi connectivity index (χ4v) is 1.76. The van der Waals surface area contributed by atoms with Gasteiger partial charge in [-0.1, -0.05) is 11.3 Å². The van der Waals surface area contributed by atoms with Crippen molar-refractivity contribution in [1.29, 1.82) is 0 Å². The van der Waals surface area contributed by atoms with Crippen LogP contribution in [0.5, 0.6) is 0 Å². The average Bonchev–Trinajstić information content (AvgIpc) is 2.52. The molecule has 0 aliphatic rings. The van der Waals surface area contributed by atoms with Gasteiger partial charge < -0.3 is 5.73 Å². The lowest BCUT2D eigenvalue weighted by Gasteiger charge is -2.03. The summed E-state index contributed by atoms with van der Waals surface area (Å²) < 4.78 is 11.9. The summed E-state index contributed by atoms with van der Waals surface area (Å²) in [6.07, 6.45) is 0.206. The fraction of sp³-hybridized carbons (Fsp3) is 0.429. The molecule has 1 atom stereocenters. The third-order valence-corrected chi connectivity index (χ3v) is 2.75. The van der Waals surface area contributed by atoms with E-state index in [1.165, 1.54) is 6.07 Å². The molecule has 1 aromatic rings. The lowest BCUT2D eigenvalue weighted by atomic mass is 10.2. The lowest BCUT2D eigenvalue weighted by molar-refractivity contribution is -0.380. The van der Waals surface area contributed by atoms with E-state index in [0.29, 0.717) is 4.88 Å². The van der Waals surface area contributed by atoms with Crippen LogP contribution in [-0.4, -0.2) is 11.6 Å². The number of nitrogens with two attached hydrogens (primary N) is 1. The predicted octanol–water partition coefficient (Wildman–Crippen LogP) is 2.44. The molecule has 0 aromatic carbocycles. The maximum Gasteiger partial charge on any atom is 0.324 e. The summed E-state index contributed by atoms with van der Waals surface area (Å²) >= 11 is 0.998. The van der Waals surface area contributed by atoms with E-state index >= 15 is 0 Å². The Morgan fingerprint density at radius 1 is 1.64 bits per heavy atom. The average molecular weight is 241 g/mol. The number of nitrogens with zero attached hydrogens (tertiary/aromatic N) is 1. The molecular formula is C7H10ClFN2O2S. The normalized spacial score (nSPS) is 11.9. The first-order valence-electron chi connectivity index (χ1n) is 3.71. The highest BCUT2D eigenvalue weighted by atomic mass is 35.5. The monoisotopic (exact) mass is 240 g/mol. The van der Waals surface area contributed by atoms with Gasteiger partial charge in [0.2, 0.25) is 0 Å². The molecule has 0 amide bonds. The van der Waals surface area contributed by atoms with Crippen molar-refractivity contribution in [1.82, 2.24) is 0 Å². The van der Waals surface area contributed by atoms with Crippen LogP contribution >= 0.6 is 23.7 Å². The van der Waals surface area contributed by atoms with Gasteiger partial charge in [-0.15, -0.1) is 12.4 Å². The molecule has 1 rings (SSSR count). The molecule has 1 aromatic heterocycles. The van der Waals surface area contributed by atoms with Gasteiger partial charge in [-0.05, 0) is 12.5 Å². The molecule has 7 heteroatoms. The van der Waals surface area contributed by atoms with E-state index in [4.69, 9.17) is 5.73 Å². The molecule has 0 unspecified atom stereocenters. The molecule has 2 N–H and O–H groups in total. The molecule has 4 nitrogen and oxygen atoms in total. The standard InChI is InChI=1S/C7H9FN2O2S.ClH/c8-4-3-5(9)6-1-2-7(13-6)10(11)12;/h1-2,5H,3-4,9H2;1H/t5-;/m0./s1. The van der Waals surface area contributed by atoms with Crippen LogP contribution in [0.3, 0.4) is 0 Å². The van der Waals surface area contributed by atoms with Crippen molar-refractivity contribution >= 4 is 28.7 Å². The predicted molar refractivity (Wildman–Crippen MR) is 55.7 cm³/mol. The molecule has 14 heavy (non-hydrogen) atoms. The van der Waals surface area contributed by atoms with Crippen LogP contribution < -0.4 is 5.73 Å². The summed E-state index contributed by atoms with van der Waals surface area (Å²) in [5.41, 5.74) is 5.57. The number of hydrogen-bond donors (Lipinski definition) is 1. The summed E-state index contributed by atoms with van der Waals surface area (Å²) in [7, 11) is 0. The Balaban J connectivity index is 0.00000169. The second kappa shape index (κ2) is 5.90. The van der Waals surface area contributed by atoms with Crippen LogP contribution in [0, 0.1) is 10.1 Å². The molecule has 80 valence electrons. The van der Waals surface area contributed by atoms with Gasteiger partial charge in [-0.25, -0.2) is 0 Å². The molecular weight excluding hydrogens is 231 g/mol. The second-order valence-electron chi connectivity index (χ2n) is 2.52. The van der Waals surface area contributed by atoms with Gasteiger partial charge in [0.15, 0.2) is 0 Å². The third kappa shape index (κ3) is 3.21. The van der Waals surface area contributed by atoms with E-state index < -0.39 is 17.6 Å². The molecule has 0 radical (unpaired) electrons. The van der Waals surface area contributed by atoms with E-state index in [1.807, 2.05) is 0 Å². The molecule has 0 aliphatic carbocycles. The molecule has 1 heterocycles. The molecule has 0 aliphatic heterocycles. The summed E-state index contributed by atoms with van der Waals surface area (Å²) in [5.74, 6) is 0. The van der Waals surface area contributed by atoms with Crippen molar-refractivity contribution in [3.05, 3.63) is 27.1 Å². The first-order valence-corrected chi connectivity index (χ1v) is 4.52. The van der Waals surface area contributed by atoms with Crippen molar-refractivity contribution < 1.29 is 9.31 Å². The highest BCUT2D eigenvalue weighted by Gasteiger charge is 2.14. The first-order chi connectivity index (χ1) is 6.15. The van der Waals surface area contributed by atoms with Gasteiger partial charge in [-0.3, -0.25) is 14.5 Å². The van der Waals surface area contributed by atoms with Crippen LogP contribution in [0.1, 0.15) is 17.3 Å². The highest BCUT2D eigenvalue weighted by Crippen LogP contribution is 2.28. The zero-order chi connectivity index (χ0) is 9.84. The lowest BCUT2D eigenvalue weighted by Crippen LogP contribution is -2.08. The van der Waals surface area contributed by atoms with E-state index in [1.54, 1.807) is 6.07 Å². The van der Waals surface area contributed by atoms with Gasteiger partial charge in [0.25, 0.3) is 0 Å². The van der Waals surface area contributed by atoms with Crippen molar-refractivity contribution in [3.63, 3.8) is 0 Å². The summed E-state index contributed by atoms with van der Waals surface area (Å²) in [4.78, 5) is 10.5. The minimum atomic E-state index is -0.507. The number of hydrogen-bond acceptors (Lipinski definition) is 4. The SMILES string of the molecule is Cl.N[C@@H](CCF)c1ccc([N+](=O)[O-])s1. The van der Waals surface area contributed by atoms with Crippen LogP contribution in [-0.2, 0) is 0 Å². The molecule has 0 bridgehead atoms. The largest absolute Gasteiger partial charge is 0.324 e. The van der Waals surface area contributed by atoms with Gasteiger partial charge in [0, 0.05) is 17.0 Å². The van der Waals surface area contributed by atoms with Gasteiger partial charge in [-0.2, -0.15) is 0 Å². The molecule has 0 saturated carbocycles. The van der Waals surface area contributed by atoms with Crippen molar-refractivity contribution in [2.75, 3.05) is 6.67 Å². The van der Waals surface area contributed by atoms with Crippen LogP contribution in [0.25, 0.3) is 0 Å². The third-order valence-electron chi connectivity index (χ3n) is 1.58. The number of rotatable bonds is 4. The zero-order valence-electron chi connectivity index (χ0n) is 7.18. The highest BCUT2D eigenvalue weighted by molar-refractivity contribution is 7.15. The minimum Gasteiger partial charge on any atom is -0.323 e.